The Hall–Kier alpha value is -1.18. The predicted molar refractivity (Wildman–Crippen MR) is 85.2 cm³/mol. The van der Waals surface area contributed by atoms with Crippen LogP contribution in [-0.4, -0.2) is 20.1 Å². The van der Waals surface area contributed by atoms with Gasteiger partial charge in [0.25, 0.3) is 0 Å². The van der Waals surface area contributed by atoms with E-state index in [2.05, 4.69) is 56.4 Å². The monoisotopic (exact) mass is 260 g/mol. The molecule has 0 radical (unpaired) electrons. The van der Waals surface area contributed by atoms with Crippen LogP contribution >= 0.6 is 0 Å². The van der Waals surface area contributed by atoms with Crippen molar-refractivity contribution in [2.45, 2.75) is 52.0 Å². The van der Waals surface area contributed by atoms with Crippen molar-refractivity contribution in [2.75, 3.05) is 24.3 Å². The van der Waals surface area contributed by atoms with Gasteiger partial charge in [0, 0.05) is 31.5 Å². The molecular weight excluding hydrogens is 232 g/mol. The molecule has 1 fully saturated rings. The summed E-state index contributed by atoms with van der Waals surface area (Å²) < 4.78 is 0. The summed E-state index contributed by atoms with van der Waals surface area (Å²) >= 11 is 0. The number of nitrogens with one attached hydrogen (secondary N) is 1. The first-order chi connectivity index (χ1) is 9.08. The molecule has 0 spiro atoms. The number of benzene rings is 1. The maximum absolute atomic E-state index is 3.73. The summed E-state index contributed by atoms with van der Waals surface area (Å²) in [7, 11) is 4.18. The zero-order valence-corrected chi connectivity index (χ0v) is 12.9. The Balaban J connectivity index is 2.01. The van der Waals surface area contributed by atoms with Crippen molar-refractivity contribution in [1.82, 2.24) is 0 Å². The van der Waals surface area contributed by atoms with Crippen LogP contribution in [0.3, 0.4) is 0 Å². The first-order valence-corrected chi connectivity index (χ1v) is 7.62. The quantitative estimate of drug-likeness (QED) is 0.861. The number of hydrogen-bond donors (Lipinski definition) is 1. The van der Waals surface area contributed by atoms with Gasteiger partial charge in [-0.1, -0.05) is 19.3 Å². The fourth-order valence-corrected chi connectivity index (χ4v) is 3.09. The van der Waals surface area contributed by atoms with Crippen LogP contribution in [0.4, 0.5) is 11.4 Å². The number of nitrogens with zero attached hydrogens (tertiary/aromatic N) is 1. The van der Waals surface area contributed by atoms with Gasteiger partial charge in [-0.3, -0.25) is 0 Å². The summed E-state index contributed by atoms with van der Waals surface area (Å²) in [4.78, 5) is 2.15. The van der Waals surface area contributed by atoms with Crippen LogP contribution in [0, 0.1) is 12.8 Å². The van der Waals surface area contributed by atoms with E-state index in [0.29, 0.717) is 6.04 Å². The molecule has 19 heavy (non-hydrogen) atoms. The van der Waals surface area contributed by atoms with Gasteiger partial charge in [0.1, 0.15) is 0 Å². The third-order valence-corrected chi connectivity index (χ3v) is 4.47. The molecule has 1 atom stereocenters. The molecule has 2 nitrogen and oxygen atoms in total. The van der Waals surface area contributed by atoms with Crippen LogP contribution in [0.25, 0.3) is 0 Å². The van der Waals surface area contributed by atoms with Crippen LogP contribution < -0.4 is 10.2 Å². The molecule has 0 heterocycles. The molecule has 1 aliphatic carbocycles. The lowest BCUT2D eigenvalue weighted by molar-refractivity contribution is 0.328. The molecule has 0 saturated heterocycles. The van der Waals surface area contributed by atoms with Gasteiger partial charge in [0.15, 0.2) is 0 Å². The predicted octanol–water partition coefficient (Wildman–Crippen LogP) is 4.44. The molecule has 0 aromatic heterocycles. The lowest BCUT2D eigenvalue weighted by Gasteiger charge is -2.29. The van der Waals surface area contributed by atoms with E-state index < -0.39 is 0 Å². The van der Waals surface area contributed by atoms with E-state index in [1.165, 1.54) is 49.0 Å². The standard InChI is InChI=1S/C17H28N2/c1-13-12-16(19(3)4)10-11-17(13)18-14(2)15-8-6-5-7-9-15/h10-12,14-15,18H,5-9H2,1-4H3. The fourth-order valence-electron chi connectivity index (χ4n) is 3.09. The Morgan fingerprint density at radius 1 is 1.16 bits per heavy atom. The highest BCUT2D eigenvalue weighted by atomic mass is 15.1. The van der Waals surface area contributed by atoms with Crippen LogP contribution in [-0.2, 0) is 0 Å². The van der Waals surface area contributed by atoms with Crippen LogP contribution in [0.1, 0.15) is 44.6 Å². The zero-order chi connectivity index (χ0) is 13.8. The summed E-state index contributed by atoms with van der Waals surface area (Å²) in [6, 6.07) is 7.27. The minimum atomic E-state index is 0.587. The number of hydrogen-bond acceptors (Lipinski definition) is 2. The Labute approximate surface area is 118 Å². The van der Waals surface area contributed by atoms with E-state index in [0.717, 1.165) is 5.92 Å². The first-order valence-electron chi connectivity index (χ1n) is 7.62. The molecule has 0 amide bonds. The molecule has 1 N–H and O–H groups in total. The zero-order valence-electron chi connectivity index (χ0n) is 12.9. The molecule has 106 valence electrons. The van der Waals surface area contributed by atoms with E-state index in [4.69, 9.17) is 0 Å². The summed E-state index contributed by atoms with van der Waals surface area (Å²) in [5.74, 6) is 0.849. The van der Waals surface area contributed by atoms with Gasteiger partial charge >= 0.3 is 0 Å². The van der Waals surface area contributed by atoms with Crippen molar-refractivity contribution < 1.29 is 0 Å². The molecule has 0 bridgehead atoms. The molecule has 1 aliphatic rings. The van der Waals surface area contributed by atoms with Crippen molar-refractivity contribution in [3.05, 3.63) is 23.8 Å². The van der Waals surface area contributed by atoms with Crippen molar-refractivity contribution in [3.8, 4) is 0 Å². The largest absolute Gasteiger partial charge is 0.382 e. The van der Waals surface area contributed by atoms with Crippen LogP contribution in [0.2, 0.25) is 0 Å². The lowest BCUT2D eigenvalue weighted by atomic mass is 9.84. The van der Waals surface area contributed by atoms with E-state index in [9.17, 15) is 0 Å². The third kappa shape index (κ3) is 3.65. The molecule has 1 unspecified atom stereocenters. The minimum Gasteiger partial charge on any atom is -0.382 e. The second-order valence-corrected chi connectivity index (χ2v) is 6.22. The molecule has 1 aromatic rings. The highest BCUT2D eigenvalue weighted by molar-refractivity contribution is 5.60. The van der Waals surface area contributed by atoms with Crippen molar-refractivity contribution >= 4 is 11.4 Å². The molecular formula is C17H28N2. The Bertz CT molecular complexity index is 406. The smallest absolute Gasteiger partial charge is 0.0373 e. The second-order valence-electron chi connectivity index (χ2n) is 6.22. The van der Waals surface area contributed by atoms with Crippen molar-refractivity contribution in [1.29, 1.82) is 0 Å². The Morgan fingerprint density at radius 2 is 1.84 bits per heavy atom. The summed E-state index contributed by atoms with van der Waals surface area (Å²) in [6.07, 6.45) is 7.04. The topological polar surface area (TPSA) is 15.3 Å². The van der Waals surface area contributed by atoms with Crippen LogP contribution in [0.15, 0.2) is 18.2 Å². The maximum atomic E-state index is 3.73. The number of aryl methyl sites for hydroxylation is 1. The fraction of sp³-hybridized carbons (Fsp3) is 0.647. The molecule has 0 aliphatic heterocycles. The van der Waals surface area contributed by atoms with E-state index in [-0.39, 0.29) is 0 Å². The Kier molecular flexibility index (Phi) is 4.73. The van der Waals surface area contributed by atoms with Gasteiger partial charge in [-0.05, 0) is 56.4 Å². The lowest BCUT2D eigenvalue weighted by Crippen LogP contribution is -2.28. The van der Waals surface area contributed by atoms with Crippen molar-refractivity contribution in [3.63, 3.8) is 0 Å². The normalized spacial score (nSPS) is 18.1. The van der Waals surface area contributed by atoms with E-state index in [1.807, 2.05) is 0 Å². The van der Waals surface area contributed by atoms with E-state index in [1.54, 1.807) is 0 Å². The van der Waals surface area contributed by atoms with Gasteiger partial charge in [0.2, 0.25) is 0 Å². The third-order valence-electron chi connectivity index (χ3n) is 4.47. The average molecular weight is 260 g/mol. The average Bonchev–Trinajstić information content (AvgIpc) is 2.41. The Morgan fingerprint density at radius 3 is 2.42 bits per heavy atom. The van der Waals surface area contributed by atoms with Gasteiger partial charge in [-0.2, -0.15) is 0 Å². The van der Waals surface area contributed by atoms with Crippen molar-refractivity contribution in [2.24, 2.45) is 5.92 Å². The van der Waals surface area contributed by atoms with Gasteiger partial charge in [0.05, 0.1) is 0 Å². The van der Waals surface area contributed by atoms with Crippen LogP contribution in [0.5, 0.6) is 0 Å². The number of rotatable bonds is 4. The molecule has 2 heteroatoms. The van der Waals surface area contributed by atoms with Gasteiger partial charge in [-0.25, -0.2) is 0 Å². The van der Waals surface area contributed by atoms with E-state index >= 15 is 0 Å². The van der Waals surface area contributed by atoms with Gasteiger partial charge in [-0.15, -0.1) is 0 Å². The maximum Gasteiger partial charge on any atom is 0.0373 e. The number of anilines is 2. The molecule has 2 rings (SSSR count). The summed E-state index contributed by atoms with van der Waals surface area (Å²) in [5.41, 5.74) is 3.91. The highest BCUT2D eigenvalue weighted by Gasteiger charge is 2.20. The first kappa shape index (κ1) is 14.2. The minimum absolute atomic E-state index is 0.587. The highest BCUT2D eigenvalue weighted by Crippen LogP contribution is 2.29. The summed E-state index contributed by atoms with van der Waals surface area (Å²) in [5, 5.41) is 3.73. The molecule has 1 aromatic carbocycles. The SMILES string of the molecule is Cc1cc(N(C)C)ccc1NC(C)C1CCCCC1. The molecule has 1 saturated carbocycles. The van der Waals surface area contributed by atoms with Gasteiger partial charge < -0.3 is 10.2 Å². The second kappa shape index (κ2) is 6.31. The summed E-state index contributed by atoms with van der Waals surface area (Å²) in [6.45, 7) is 4.54.